The maximum absolute atomic E-state index is 14.1. The molecule has 0 atom stereocenters. The molecule has 1 aliphatic rings. The molecular weight excluding hydrogens is 356 g/mol. The van der Waals surface area contributed by atoms with Crippen LogP contribution in [0.1, 0.15) is 36.7 Å². The van der Waals surface area contributed by atoms with Crippen molar-refractivity contribution in [1.29, 1.82) is 0 Å². The number of carbonyl (C=O) groups is 2. The Morgan fingerprint density at radius 1 is 1.04 bits per heavy atom. The Hall–Kier alpha value is -2.16. The van der Waals surface area contributed by atoms with Crippen LogP contribution in [-0.2, 0) is 15.8 Å². The van der Waals surface area contributed by atoms with Crippen molar-refractivity contribution < 1.29 is 32.0 Å². The van der Waals surface area contributed by atoms with E-state index >= 15 is 0 Å². The van der Waals surface area contributed by atoms with E-state index in [-0.39, 0.29) is 26.2 Å². The summed E-state index contributed by atoms with van der Waals surface area (Å²) in [5.41, 5.74) is -2.78. The molecule has 1 amide bonds. The van der Waals surface area contributed by atoms with Crippen molar-refractivity contribution in [2.24, 2.45) is 5.41 Å². The second kappa shape index (κ2) is 7.22. The number of hydrogen-bond acceptors (Lipinski definition) is 4. The number of piperazine rings is 1. The molecule has 0 N–H and O–H groups in total. The molecule has 0 radical (unpaired) electrons. The van der Waals surface area contributed by atoms with Crippen molar-refractivity contribution in [1.82, 2.24) is 9.96 Å². The van der Waals surface area contributed by atoms with Gasteiger partial charge in [-0.25, -0.2) is 9.18 Å². The van der Waals surface area contributed by atoms with Crippen LogP contribution in [0.2, 0.25) is 0 Å². The Bertz CT molecular complexity index is 690. The number of benzene rings is 1. The van der Waals surface area contributed by atoms with Gasteiger partial charge in [0.2, 0.25) is 0 Å². The summed E-state index contributed by atoms with van der Waals surface area (Å²) in [4.78, 5) is 30.7. The topological polar surface area (TPSA) is 49.9 Å². The summed E-state index contributed by atoms with van der Waals surface area (Å²) in [7, 11) is 0. The largest absolute Gasteiger partial charge is 0.419 e. The third kappa shape index (κ3) is 4.51. The number of halogens is 4. The zero-order chi connectivity index (χ0) is 19.7. The minimum Gasteiger partial charge on any atom is -0.367 e. The summed E-state index contributed by atoms with van der Waals surface area (Å²) >= 11 is 0. The molecule has 5 nitrogen and oxygen atoms in total. The fourth-order valence-corrected chi connectivity index (χ4v) is 2.32. The molecule has 0 saturated carbocycles. The highest BCUT2D eigenvalue weighted by atomic mass is 19.4. The summed E-state index contributed by atoms with van der Waals surface area (Å²) in [6.07, 6.45) is -4.87. The maximum Gasteiger partial charge on any atom is 0.419 e. The van der Waals surface area contributed by atoms with Gasteiger partial charge in [0.15, 0.2) is 0 Å². The zero-order valence-corrected chi connectivity index (χ0v) is 14.7. The van der Waals surface area contributed by atoms with Gasteiger partial charge in [0.05, 0.1) is 29.6 Å². The van der Waals surface area contributed by atoms with E-state index in [0.717, 1.165) is 12.1 Å². The Morgan fingerprint density at radius 2 is 1.62 bits per heavy atom. The van der Waals surface area contributed by atoms with Crippen LogP contribution in [0.15, 0.2) is 18.2 Å². The summed E-state index contributed by atoms with van der Waals surface area (Å²) in [6.45, 7) is 5.68. The van der Waals surface area contributed by atoms with E-state index in [4.69, 9.17) is 4.84 Å². The number of hydrogen-bond donors (Lipinski definition) is 0. The lowest BCUT2D eigenvalue weighted by atomic mass is 9.98. The smallest absolute Gasteiger partial charge is 0.367 e. The predicted octanol–water partition coefficient (Wildman–Crippen LogP) is 3.11. The first-order valence-electron chi connectivity index (χ1n) is 8.03. The summed E-state index contributed by atoms with van der Waals surface area (Å²) in [5, 5.41) is 1.39. The molecule has 0 aromatic heterocycles. The Kier molecular flexibility index (Phi) is 5.60. The van der Waals surface area contributed by atoms with E-state index in [1.165, 1.54) is 9.96 Å². The minimum atomic E-state index is -4.87. The van der Waals surface area contributed by atoms with Crippen molar-refractivity contribution in [2.45, 2.75) is 26.9 Å². The lowest BCUT2D eigenvalue weighted by Gasteiger charge is -2.34. The molecule has 1 heterocycles. The molecule has 144 valence electrons. The van der Waals surface area contributed by atoms with E-state index in [1.54, 1.807) is 20.8 Å². The lowest BCUT2D eigenvalue weighted by Crippen LogP contribution is -2.50. The van der Waals surface area contributed by atoms with Gasteiger partial charge in [-0.05, 0) is 32.9 Å². The van der Waals surface area contributed by atoms with Crippen LogP contribution in [0.3, 0.4) is 0 Å². The van der Waals surface area contributed by atoms with Gasteiger partial charge < -0.3 is 9.74 Å². The molecule has 1 fully saturated rings. The first-order chi connectivity index (χ1) is 11.9. The second-order valence-corrected chi connectivity index (χ2v) is 7.01. The highest BCUT2D eigenvalue weighted by Crippen LogP contribution is 2.32. The third-order valence-electron chi connectivity index (χ3n) is 3.88. The van der Waals surface area contributed by atoms with Gasteiger partial charge in [0.25, 0.3) is 5.91 Å². The summed E-state index contributed by atoms with van der Waals surface area (Å²) in [6, 6.07) is 2.62. The number of amides is 1. The lowest BCUT2D eigenvalue weighted by molar-refractivity contribution is -0.205. The molecule has 1 aromatic rings. The van der Waals surface area contributed by atoms with E-state index < -0.39 is 40.4 Å². The number of hydroxylamine groups is 2. The monoisotopic (exact) mass is 376 g/mol. The molecule has 2 rings (SSSR count). The average molecular weight is 376 g/mol. The highest BCUT2D eigenvalue weighted by Gasteiger charge is 2.37. The second-order valence-electron chi connectivity index (χ2n) is 7.01. The van der Waals surface area contributed by atoms with Crippen molar-refractivity contribution >= 4 is 11.9 Å². The zero-order valence-electron chi connectivity index (χ0n) is 14.7. The first-order valence-corrected chi connectivity index (χ1v) is 8.03. The molecule has 9 heteroatoms. The Balaban J connectivity index is 2.04. The summed E-state index contributed by atoms with van der Waals surface area (Å²) in [5.74, 6) is -2.83. The molecule has 0 spiro atoms. The van der Waals surface area contributed by atoms with E-state index in [0.29, 0.717) is 6.07 Å². The predicted molar refractivity (Wildman–Crippen MR) is 84.4 cm³/mol. The molecule has 0 unspecified atom stereocenters. The van der Waals surface area contributed by atoms with Crippen LogP contribution >= 0.6 is 0 Å². The molecule has 0 aliphatic carbocycles. The van der Waals surface area contributed by atoms with Crippen LogP contribution in [-0.4, -0.2) is 48.0 Å². The molecule has 1 saturated heterocycles. The quantitative estimate of drug-likeness (QED) is 0.745. The standard InChI is InChI=1S/C17H20F4N2O3/c1-16(2,3)15(25)26-23-9-7-22(8-10-23)14(24)11-5-4-6-12(13(11)18)17(19,20)21/h4-6H,7-10H2,1-3H3. The van der Waals surface area contributed by atoms with Crippen molar-refractivity contribution in [3.05, 3.63) is 35.1 Å². The van der Waals surface area contributed by atoms with Crippen LogP contribution in [0.25, 0.3) is 0 Å². The van der Waals surface area contributed by atoms with Crippen LogP contribution < -0.4 is 0 Å². The molecule has 0 bridgehead atoms. The number of alkyl halides is 3. The van der Waals surface area contributed by atoms with E-state index in [1.807, 2.05) is 0 Å². The number of nitrogens with zero attached hydrogens (tertiary/aromatic N) is 2. The van der Waals surface area contributed by atoms with Crippen molar-refractivity contribution in [3.8, 4) is 0 Å². The number of rotatable bonds is 2. The normalized spacial score (nSPS) is 16.5. The van der Waals surface area contributed by atoms with Gasteiger partial charge in [-0.3, -0.25) is 4.79 Å². The highest BCUT2D eigenvalue weighted by molar-refractivity contribution is 5.94. The van der Waals surface area contributed by atoms with Gasteiger partial charge in [0, 0.05) is 13.1 Å². The fourth-order valence-electron chi connectivity index (χ4n) is 2.32. The van der Waals surface area contributed by atoms with E-state index in [9.17, 15) is 27.2 Å². The van der Waals surface area contributed by atoms with Crippen LogP contribution in [0.5, 0.6) is 0 Å². The van der Waals surface area contributed by atoms with Gasteiger partial charge in [-0.2, -0.15) is 13.2 Å². The number of carbonyl (C=O) groups excluding carboxylic acids is 2. The van der Waals surface area contributed by atoms with E-state index in [2.05, 4.69) is 0 Å². The fraction of sp³-hybridized carbons (Fsp3) is 0.529. The van der Waals surface area contributed by atoms with Gasteiger partial charge in [-0.15, -0.1) is 5.06 Å². The summed E-state index contributed by atoms with van der Waals surface area (Å²) < 4.78 is 52.5. The maximum atomic E-state index is 14.1. The first kappa shape index (κ1) is 20.2. The van der Waals surface area contributed by atoms with Gasteiger partial charge in [-0.1, -0.05) is 6.07 Å². The van der Waals surface area contributed by atoms with Crippen molar-refractivity contribution in [3.63, 3.8) is 0 Å². The Labute approximate surface area is 148 Å². The average Bonchev–Trinajstić information content (AvgIpc) is 2.53. The van der Waals surface area contributed by atoms with Crippen LogP contribution in [0, 0.1) is 11.2 Å². The SMILES string of the molecule is CC(C)(C)C(=O)ON1CCN(C(=O)c2cccc(C(F)(F)F)c2F)CC1. The molecule has 1 aliphatic heterocycles. The minimum absolute atomic E-state index is 0.103. The molecular formula is C17H20F4N2O3. The van der Waals surface area contributed by atoms with Gasteiger partial charge in [0.1, 0.15) is 5.82 Å². The molecule has 1 aromatic carbocycles. The third-order valence-corrected chi connectivity index (χ3v) is 3.88. The molecule has 26 heavy (non-hydrogen) atoms. The van der Waals surface area contributed by atoms with Crippen molar-refractivity contribution in [2.75, 3.05) is 26.2 Å². The van der Waals surface area contributed by atoms with Crippen LogP contribution in [0.4, 0.5) is 17.6 Å². The Morgan fingerprint density at radius 3 is 2.12 bits per heavy atom. The van der Waals surface area contributed by atoms with Gasteiger partial charge >= 0.3 is 12.1 Å².